The summed E-state index contributed by atoms with van der Waals surface area (Å²) in [7, 11) is 0. The normalized spacial score (nSPS) is 19.0. The van der Waals surface area contributed by atoms with Gasteiger partial charge in [-0.3, -0.25) is 0 Å². The van der Waals surface area contributed by atoms with E-state index in [1.54, 1.807) is 4.90 Å². The summed E-state index contributed by atoms with van der Waals surface area (Å²) in [6.45, 7) is 6.33. The molecule has 0 aliphatic carbocycles. The molecule has 0 radical (unpaired) electrons. The predicted molar refractivity (Wildman–Crippen MR) is 82.3 cm³/mol. The average Bonchev–Trinajstić information content (AvgIpc) is 2.48. The number of ether oxygens (including phenoxy) is 1. The van der Waals surface area contributed by atoms with Crippen molar-refractivity contribution < 1.29 is 13.9 Å². The van der Waals surface area contributed by atoms with Crippen LogP contribution in [0.25, 0.3) is 0 Å². The maximum atomic E-state index is 13.5. The second-order valence-electron chi connectivity index (χ2n) is 6.25. The first-order chi connectivity index (χ1) is 9.67. The largest absolute Gasteiger partial charge is 0.444 e. The first-order valence-corrected chi connectivity index (χ1v) is 7.68. The van der Waals surface area contributed by atoms with E-state index >= 15 is 0 Å². The molecule has 1 aromatic carbocycles. The van der Waals surface area contributed by atoms with Crippen LogP contribution in [0.4, 0.5) is 9.18 Å². The molecule has 1 amide bonds. The Morgan fingerprint density at radius 3 is 2.76 bits per heavy atom. The first-order valence-electron chi connectivity index (χ1n) is 6.88. The van der Waals surface area contributed by atoms with E-state index in [4.69, 9.17) is 10.5 Å². The van der Waals surface area contributed by atoms with Crippen LogP contribution < -0.4 is 5.73 Å². The van der Waals surface area contributed by atoms with Gasteiger partial charge in [0.05, 0.1) is 6.54 Å². The molecule has 0 aromatic heterocycles. The smallest absolute Gasteiger partial charge is 0.410 e. The fourth-order valence-electron chi connectivity index (χ4n) is 2.32. The van der Waals surface area contributed by atoms with Crippen LogP contribution in [0.15, 0.2) is 16.6 Å². The molecule has 0 spiro atoms. The molecule has 1 heterocycles. The van der Waals surface area contributed by atoms with Gasteiger partial charge < -0.3 is 15.4 Å². The van der Waals surface area contributed by atoms with Gasteiger partial charge in [-0.25, -0.2) is 9.18 Å². The third kappa shape index (κ3) is 3.95. The molecule has 1 aromatic rings. The van der Waals surface area contributed by atoms with E-state index in [2.05, 4.69) is 15.9 Å². The molecule has 2 N–H and O–H groups in total. The van der Waals surface area contributed by atoms with Gasteiger partial charge >= 0.3 is 6.09 Å². The molecular formula is C15H20BrFN2O2. The number of nitrogens with two attached hydrogens (primary N) is 1. The third-order valence-electron chi connectivity index (χ3n) is 3.30. The summed E-state index contributed by atoms with van der Waals surface area (Å²) in [5.41, 5.74) is 7.14. The highest BCUT2D eigenvalue weighted by atomic mass is 79.9. The average molecular weight is 359 g/mol. The molecule has 0 bridgehead atoms. The highest BCUT2D eigenvalue weighted by Gasteiger charge is 2.28. The van der Waals surface area contributed by atoms with Gasteiger partial charge in [0.2, 0.25) is 0 Å². The van der Waals surface area contributed by atoms with Crippen molar-refractivity contribution in [2.24, 2.45) is 5.73 Å². The van der Waals surface area contributed by atoms with Crippen LogP contribution in [0.3, 0.4) is 0 Å². The zero-order valence-corrected chi connectivity index (χ0v) is 14.0. The maximum absolute atomic E-state index is 13.5. The predicted octanol–water partition coefficient (Wildman–Crippen LogP) is 3.73. The molecule has 0 saturated heterocycles. The van der Waals surface area contributed by atoms with E-state index < -0.39 is 5.60 Å². The minimum absolute atomic E-state index is 0.292. The molecular weight excluding hydrogens is 339 g/mol. The van der Waals surface area contributed by atoms with Crippen molar-refractivity contribution in [3.8, 4) is 0 Å². The van der Waals surface area contributed by atoms with Gasteiger partial charge in [0, 0.05) is 17.1 Å². The van der Waals surface area contributed by atoms with Crippen molar-refractivity contribution in [3.05, 3.63) is 33.5 Å². The lowest BCUT2D eigenvalue weighted by molar-refractivity contribution is 0.0234. The third-order valence-corrected chi connectivity index (χ3v) is 4.01. The topological polar surface area (TPSA) is 55.6 Å². The Balaban J connectivity index is 2.29. The lowest BCUT2D eigenvalue weighted by Crippen LogP contribution is -2.36. The Labute approximate surface area is 132 Å². The summed E-state index contributed by atoms with van der Waals surface area (Å²) >= 11 is 3.36. The van der Waals surface area contributed by atoms with Crippen molar-refractivity contribution in [2.45, 2.75) is 45.4 Å². The van der Waals surface area contributed by atoms with Gasteiger partial charge in [0.1, 0.15) is 11.4 Å². The van der Waals surface area contributed by atoms with Crippen LogP contribution in [-0.2, 0) is 11.3 Å². The van der Waals surface area contributed by atoms with E-state index in [0.717, 1.165) is 11.1 Å². The molecule has 0 saturated carbocycles. The Kier molecular flexibility index (Phi) is 4.58. The van der Waals surface area contributed by atoms with Crippen LogP contribution in [0.2, 0.25) is 0 Å². The maximum Gasteiger partial charge on any atom is 0.410 e. The molecule has 2 rings (SSSR count). The van der Waals surface area contributed by atoms with Crippen molar-refractivity contribution >= 4 is 22.0 Å². The van der Waals surface area contributed by atoms with Gasteiger partial charge in [-0.2, -0.15) is 0 Å². The molecule has 1 atom stereocenters. The number of hydrogen-bond acceptors (Lipinski definition) is 3. The lowest BCUT2D eigenvalue weighted by Gasteiger charge is -2.26. The minimum Gasteiger partial charge on any atom is -0.444 e. The molecule has 4 nitrogen and oxygen atoms in total. The fourth-order valence-corrected chi connectivity index (χ4v) is 2.90. The summed E-state index contributed by atoms with van der Waals surface area (Å²) in [5.74, 6) is -0.332. The molecule has 116 valence electrons. The molecule has 6 heteroatoms. The van der Waals surface area contributed by atoms with E-state index in [-0.39, 0.29) is 18.0 Å². The summed E-state index contributed by atoms with van der Waals surface area (Å²) in [5, 5.41) is 0. The Morgan fingerprint density at radius 1 is 1.48 bits per heavy atom. The van der Waals surface area contributed by atoms with E-state index in [0.29, 0.717) is 24.0 Å². The van der Waals surface area contributed by atoms with Crippen molar-refractivity contribution in [1.82, 2.24) is 4.90 Å². The van der Waals surface area contributed by atoms with Crippen LogP contribution in [-0.4, -0.2) is 23.1 Å². The summed E-state index contributed by atoms with van der Waals surface area (Å²) < 4.78 is 19.6. The minimum atomic E-state index is -0.547. The number of fused-ring (bicyclic) bond motifs is 1. The summed E-state index contributed by atoms with van der Waals surface area (Å²) in [4.78, 5) is 13.8. The van der Waals surface area contributed by atoms with Crippen LogP contribution >= 0.6 is 15.9 Å². The van der Waals surface area contributed by atoms with Gasteiger partial charge in [0.25, 0.3) is 0 Å². The van der Waals surface area contributed by atoms with Gasteiger partial charge in [-0.1, -0.05) is 15.9 Å². The van der Waals surface area contributed by atoms with E-state index in [9.17, 15) is 9.18 Å². The number of carbonyl (C=O) groups is 1. The molecule has 0 unspecified atom stereocenters. The van der Waals surface area contributed by atoms with Crippen molar-refractivity contribution in [1.29, 1.82) is 0 Å². The monoisotopic (exact) mass is 358 g/mol. The number of amides is 1. The van der Waals surface area contributed by atoms with Gasteiger partial charge in [-0.15, -0.1) is 0 Å². The van der Waals surface area contributed by atoms with E-state index in [1.807, 2.05) is 20.8 Å². The zero-order chi connectivity index (χ0) is 15.8. The Bertz CT molecular complexity index is 557. The fraction of sp³-hybridized carbons (Fsp3) is 0.533. The molecule has 0 fully saturated rings. The summed E-state index contributed by atoms with van der Waals surface area (Å²) in [6.07, 6.45) is 0.195. The van der Waals surface area contributed by atoms with Gasteiger partial charge in [-0.05, 0) is 50.5 Å². The van der Waals surface area contributed by atoms with Crippen molar-refractivity contribution in [3.63, 3.8) is 0 Å². The quantitative estimate of drug-likeness (QED) is 0.768. The highest BCUT2D eigenvalue weighted by molar-refractivity contribution is 9.10. The molecule has 1 aliphatic heterocycles. The molecule has 1 aliphatic rings. The number of halogens is 2. The second kappa shape index (κ2) is 5.93. The standard InChI is InChI=1S/C15H20BrFN2O2/c1-15(2,3)21-14(20)19-5-4-13(18)10-6-9(17)7-12(16)11(10)8-19/h6-7,13H,4-5,8,18H2,1-3H3/t13-/m0/s1. The van der Waals surface area contributed by atoms with Crippen LogP contribution in [0.1, 0.15) is 44.4 Å². The van der Waals surface area contributed by atoms with Crippen LogP contribution in [0.5, 0.6) is 0 Å². The number of nitrogens with zero attached hydrogens (tertiary/aromatic N) is 1. The second-order valence-corrected chi connectivity index (χ2v) is 7.11. The van der Waals surface area contributed by atoms with Gasteiger partial charge in [0.15, 0.2) is 0 Å². The SMILES string of the molecule is CC(C)(C)OC(=O)N1CC[C@H](N)c2cc(F)cc(Br)c2C1. The lowest BCUT2D eigenvalue weighted by atomic mass is 10.00. The Morgan fingerprint density at radius 2 is 2.14 bits per heavy atom. The number of carbonyl (C=O) groups excluding carboxylic acids is 1. The summed E-state index contributed by atoms with van der Waals surface area (Å²) in [6, 6.07) is 2.55. The first kappa shape index (κ1) is 16.2. The number of hydrogen-bond donors (Lipinski definition) is 1. The van der Waals surface area contributed by atoms with E-state index in [1.165, 1.54) is 12.1 Å². The van der Waals surface area contributed by atoms with Crippen molar-refractivity contribution in [2.75, 3.05) is 6.54 Å². The molecule has 21 heavy (non-hydrogen) atoms. The number of rotatable bonds is 0. The highest BCUT2D eigenvalue weighted by Crippen LogP contribution is 2.32. The number of benzene rings is 1. The zero-order valence-electron chi connectivity index (χ0n) is 12.5. The Hall–Kier alpha value is -1.14. The van der Waals surface area contributed by atoms with Crippen LogP contribution in [0, 0.1) is 5.82 Å².